The quantitative estimate of drug-likeness (QED) is 0.180. The molecule has 0 saturated heterocycles. The second-order valence-corrected chi connectivity index (χ2v) is 8.18. The number of aliphatic imine (C=N–C) groups is 1. The van der Waals surface area contributed by atoms with Crippen LogP contribution in [0.2, 0.25) is 0 Å². The Labute approximate surface area is 206 Å². The SMILES string of the molecule is C=C(Cc1ccccc1)C(=O)N=Cc1cccc(N(S)c2cc(C(F)(F)F)nc3ccccc23)c1. The van der Waals surface area contributed by atoms with Gasteiger partial charge in [-0.15, -0.1) is 0 Å². The fourth-order valence-electron chi connectivity index (χ4n) is 3.50. The number of thiol groups is 1. The standard InChI is InChI=1S/C27H20F3N3OS/c1-18(14-19-8-3-2-4-9-19)26(34)31-17-20-10-7-11-21(15-20)33(35)24-16-25(27(28,29)30)32-23-13-6-5-12-22(23)24/h2-13,15-17,35H,1,14H2. The number of carbonyl (C=O) groups is 1. The minimum absolute atomic E-state index is 0.205. The number of anilines is 2. The Morgan fingerprint density at radius 3 is 2.46 bits per heavy atom. The summed E-state index contributed by atoms with van der Waals surface area (Å²) < 4.78 is 41.7. The van der Waals surface area contributed by atoms with Gasteiger partial charge in [0.05, 0.1) is 16.9 Å². The highest BCUT2D eigenvalue weighted by Crippen LogP contribution is 2.38. The van der Waals surface area contributed by atoms with Gasteiger partial charge in [0.2, 0.25) is 0 Å². The number of hydrogen-bond acceptors (Lipinski definition) is 4. The van der Waals surface area contributed by atoms with Crippen LogP contribution in [0.15, 0.2) is 102 Å². The molecule has 8 heteroatoms. The van der Waals surface area contributed by atoms with Gasteiger partial charge in [-0.05, 0) is 35.4 Å². The van der Waals surface area contributed by atoms with Crippen LogP contribution in [-0.4, -0.2) is 17.1 Å². The van der Waals surface area contributed by atoms with E-state index in [9.17, 15) is 18.0 Å². The summed E-state index contributed by atoms with van der Waals surface area (Å²) in [6.45, 7) is 3.82. The Hall–Kier alpha value is -3.91. The normalized spacial score (nSPS) is 11.7. The summed E-state index contributed by atoms with van der Waals surface area (Å²) in [5.41, 5.74) is 1.81. The maximum absolute atomic E-state index is 13.4. The van der Waals surface area contributed by atoms with Crippen molar-refractivity contribution in [2.45, 2.75) is 12.6 Å². The van der Waals surface area contributed by atoms with E-state index >= 15 is 0 Å². The van der Waals surface area contributed by atoms with E-state index in [2.05, 4.69) is 29.4 Å². The third-order valence-corrected chi connectivity index (χ3v) is 5.67. The smallest absolute Gasteiger partial charge is 0.286 e. The molecule has 3 aromatic carbocycles. The molecule has 1 amide bonds. The Balaban J connectivity index is 1.59. The van der Waals surface area contributed by atoms with E-state index in [4.69, 9.17) is 0 Å². The van der Waals surface area contributed by atoms with Crippen LogP contribution in [0.1, 0.15) is 16.8 Å². The van der Waals surface area contributed by atoms with E-state index < -0.39 is 17.8 Å². The van der Waals surface area contributed by atoms with Crippen LogP contribution in [0, 0.1) is 0 Å². The molecule has 1 aromatic heterocycles. The number of fused-ring (bicyclic) bond motifs is 1. The Bertz CT molecular complexity index is 1420. The van der Waals surface area contributed by atoms with Crippen LogP contribution in [0.4, 0.5) is 24.5 Å². The Morgan fingerprint density at radius 1 is 1.00 bits per heavy atom. The monoisotopic (exact) mass is 491 g/mol. The number of halogens is 3. The molecule has 0 aliphatic carbocycles. The highest BCUT2D eigenvalue weighted by atomic mass is 32.1. The lowest BCUT2D eigenvalue weighted by Crippen LogP contribution is -2.11. The summed E-state index contributed by atoms with van der Waals surface area (Å²) >= 11 is 4.48. The Kier molecular flexibility index (Phi) is 7.02. The minimum Gasteiger partial charge on any atom is -0.286 e. The van der Waals surface area contributed by atoms with Gasteiger partial charge in [-0.25, -0.2) is 9.98 Å². The highest BCUT2D eigenvalue weighted by Gasteiger charge is 2.34. The number of rotatable bonds is 6. The third-order valence-electron chi connectivity index (χ3n) is 5.22. The first-order valence-corrected chi connectivity index (χ1v) is 11.0. The van der Waals surface area contributed by atoms with Crippen molar-refractivity contribution in [3.8, 4) is 0 Å². The van der Waals surface area contributed by atoms with Gasteiger partial charge in [0.15, 0.2) is 0 Å². The lowest BCUT2D eigenvalue weighted by Gasteiger charge is -2.21. The average molecular weight is 492 g/mol. The van der Waals surface area contributed by atoms with Crippen LogP contribution in [0.3, 0.4) is 0 Å². The highest BCUT2D eigenvalue weighted by molar-refractivity contribution is 7.82. The molecule has 0 saturated carbocycles. The van der Waals surface area contributed by atoms with Crippen molar-refractivity contribution in [2.24, 2.45) is 4.99 Å². The topological polar surface area (TPSA) is 45.6 Å². The fourth-order valence-corrected chi connectivity index (χ4v) is 3.79. The second kappa shape index (κ2) is 10.1. The first-order chi connectivity index (χ1) is 16.7. The van der Waals surface area contributed by atoms with E-state index in [0.717, 1.165) is 11.6 Å². The van der Waals surface area contributed by atoms with Crippen molar-refractivity contribution >= 4 is 47.2 Å². The number of benzene rings is 3. The first-order valence-electron chi connectivity index (χ1n) is 10.6. The van der Waals surface area contributed by atoms with Gasteiger partial charge in [0.25, 0.3) is 5.91 Å². The maximum atomic E-state index is 13.4. The predicted molar refractivity (Wildman–Crippen MR) is 136 cm³/mol. The lowest BCUT2D eigenvalue weighted by molar-refractivity contribution is -0.140. The number of carbonyl (C=O) groups excluding carboxylic acids is 1. The van der Waals surface area contributed by atoms with Crippen LogP contribution in [0.5, 0.6) is 0 Å². The molecular weight excluding hydrogens is 471 g/mol. The molecule has 0 atom stereocenters. The second-order valence-electron chi connectivity index (χ2n) is 7.78. The molecule has 0 spiro atoms. The summed E-state index contributed by atoms with van der Waals surface area (Å²) in [6.07, 6.45) is -2.82. The van der Waals surface area contributed by atoms with Crippen LogP contribution in [-0.2, 0) is 17.4 Å². The average Bonchev–Trinajstić information content (AvgIpc) is 2.86. The van der Waals surface area contributed by atoms with Crippen molar-refractivity contribution in [3.63, 3.8) is 0 Å². The molecule has 0 aliphatic heterocycles. The number of aromatic nitrogens is 1. The van der Waals surface area contributed by atoms with Crippen molar-refractivity contribution in [1.29, 1.82) is 0 Å². The molecule has 0 fully saturated rings. The largest absolute Gasteiger partial charge is 0.433 e. The summed E-state index contributed by atoms with van der Waals surface area (Å²) in [7, 11) is 0. The molecule has 0 unspecified atom stereocenters. The molecule has 0 N–H and O–H groups in total. The van der Waals surface area contributed by atoms with E-state index in [1.807, 2.05) is 30.3 Å². The molecule has 1 heterocycles. The first kappa shape index (κ1) is 24.2. The van der Waals surface area contributed by atoms with Crippen LogP contribution in [0.25, 0.3) is 10.9 Å². The minimum atomic E-state index is -4.61. The van der Waals surface area contributed by atoms with Crippen molar-refractivity contribution < 1.29 is 18.0 Å². The van der Waals surface area contributed by atoms with Crippen LogP contribution >= 0.6 is 12.8 Å². The molecule has 4 nitrogen and oxygen atoms in total. The van der Waals surface area contributed by atoms with E-state index in [0.29, 0.717) is 28.6 Å². The van der Waals surface area contributed by atoms with Gasteiger partial charge >= 0.3 is 6.18 Å². The van der Waals surface area contributed by atoms with Crippen molar-refractivity contribution in [3.05, 3.63) is 114 Å². The summed E-state index contributed by atoms with van der Waals surface area (Å²) in [4.78, 5) is 20.1. The van der Waals surface area contributed by atoms with Gasteiger partial charge in [-0.2, -0.15) is 13.2 Å². The number of pyridine rings is 1. The molecule has 35 heavy (non-hydrogen) atoms. The lowest BCUT2D eigenvalue weighted by atomic mass is 10.1. The number of hydrogen-bond donors (Lipinski definition) is 1. The summed E-state index contributed by atoms with van der Waals surface area (Å²) in [5, 5.41) is 0.516. The van der Waals surface area contributed by atoms with Gasteiger partial charge in [0, 0.05) is 23.6 Å². The number of para-hydroxylation sites is 1. The zero-order valence-electron chi connectivity index (χ0n) is 18.4. The van der Waals surface area contributed by atoms with Gasteiger partial charge in [0.1, 0.15) is 5.69 Å². The summed E-state index contributed by atoms with van der Waals surface area (Å²) in [6, 6.07) is 23.8. The van der Waals surface area contributed by atoms with Crippen molar-refractivity contribution in [2.75, 3.05) is 4.31 Å². The predicted octanol–water partition coefficient (Wildman–Crippen LogP) is 6.98. The maximum Gasteiger partial charge on any atom is 0.433 e. The molecular formula is C27H20F3N3OS. The number of amides is 1. The molecule has 4 rings (SSSR count). The fraction of sp³-hybridized carbons (Fsp3) is 0.0741. The van der Waals surface area contributed by atoms with Gasteiger partial charge in [-0.1, -0.05) is 80.1 Å². The van der Waals surface area contributed by atoms with Gasteiger partial charge < -0.3 is 0 Å². The zero-order valence-corrected chi connectivity index (χ0v) is 19.3. The zero-order chi connectivity index (χ0) is 25.0. The van der Waals surface area contributed by atoms with E-state index in [1.165, 1.54) is 16.6 Å². The Morgan fingerprint density at radius 2 is 1.71 bits per heavy atom. The molecule has 176 valence electrons. The van der Waals surface area contributed by atoms with Gasteiger partial charge in [-0.3, -0.25) is 9.10 Å². The molecule has 0 radical (unpaired) electrons. The molecule has 0 bridgehead atoms. The molecule has 4 aromatic rings. The van der Waals surface area contributed by atoms with E-state index in [-0.39, 0.29) is 11.2 Å². The van der Waals surface area contributed by atoms with E-state index in [1.54, 1.807) is 42.5 Å². The van der Waals surface area contributed by atoms with Crippen molar-refractivity contribution in [1.82, 2.24) is 4.98 Å². The number of alkyl halides is 3. The molecule has 0 aliphatic rings. The third kappa shape index (κ3) is 5.78. The van der Waals surface area contributed by atoms with Crippen LogP contribution < -0.4 is 4.31 Å². The summed E-state index contributed by atoms with van der Waals surface area (Å²) in [5.74, 6) is -0.447. The number of nitrogens with zero attached hydrogens (tertiary/aromatic N) is 3.